The van der Waals surface area contributed by atoms with Crippen LogP contribution in [0.5, 0.6) is 0 Å². The number of para-hydroxylation sites is 1. The second-order valence-electron chi connectivity index (χ2n) is 5.06. The van der Waals surface area contributed by atoms with Gasteiger partial charge in [0.05, 0.1) is 17.6 Å². The summed E-state index contributed by atoms with van der Waals surface area (Å²) in [6.07, 6.45) is 6.73. The molecular weight excluding hydrogens is 224 g/mol. The maximum Gasteiger partial charge on any atom is 0.0893 e. The van der Waals surface area contributed by atoms with Gasteiger partial charge < -0.3 is 5.73 Å². The lowest BCUT2D eigenvalue weighted by Crippen LogP contribution is -2.36. The van der Waals surface area contributed by atoms with E-state index in [1.807, 2.05) is 35.0 Å². The Kier molecular flexibility index (Phi) is 2.88. The Morgan fingerprint density at radius 3 is 2.61 bits per heavy atom. The van der Waals surface area contributed by atoms with Gasteiger partial charge in [0.2, 0.25) is 0 Å². The van der Waals surface area contributed by atoms with E-state index in [1.54, 1.807) is 0 Å². The van der Waals surface area contributed by atoms with E-state index >= 15 is 0 Å². The summed E-state index contributed by atoms with van der Waals surface area (Å²) in [7, 11) is 0. The topological polar surface area (TPSA) is 56.7 Å². The van der Waals surface area contributed by atoms with Crippen LogP contribution in [0.1, 0.15) is 31.4 Å². The van der Waals surface area contributed by atoms with Gasteiger partial charge in [-0.15, -0.1) is 5.10 Å². The van der Waals surface area contributed by atoms with Crippen molar-refractivity contribution < 1.29 is 0 Å². The highest BCUT2D eigenvalue weighted by Crippen LogP contribution is 2.45. The van der Waals surface area contributed by atoms with Crippen molar-refractivity contribution in [1.82, 2.24) is 15.0 Å². The molecule has 0 spiro atoms. The number of rotatable bonds is 4. The Hall–Kier alpha value is -1.68. The molecule has 1 heterocycles. The maximum atomic E-state index is 5.72. The second-order valence-corrected chi connectivity index (χ2v) is 5.06. The van der Waals surface area contributed by atoms with Crippen LogP contribution >= 0.6 is 0 Å². The van der Waals surface area contributed by atoms with Crippen molar-refractivity contribution in [3.8, 4) is 5.69 Å². The van der Waals surface area contributed by atoms with E-state index < -0.39 is 0 Å². The molecule has 3 rings (SSSR count). The zero-order chi connectivity index (χ0) is 12.4. The predicted molar refractivity (Wildman–Crippen MR) is 70.6 cm³/mol. The van der Waals surface area contributed by atoms with E-state index in [2.05, 4.69) is 16.5 Å². The zero-order valence-electron chi connectivity index (χ0n) is 10.4. The SMILES string of the molecule is NCCC1(c2cn(-c3ccccc3)nn2)CCC1. The highest BCUT2D eigenvalue weighted by atomic mass is 15.4. The minimum absolute atomic E-state index is 0.196. The molecule has 4 heteroatoms. The van der Waals surface area contributed by atoms with Crippen molar-refractivity contribution in [3.63, 3.8) is 0 Å². The Labute approximate surface area is 107 Å². The first-order chi connectivity index (χ1) is 8.84. The van der Waals surface area contributed by atoms with Gasteiger partial charge in [-0.1, -0.05) is 29.8 Å². The lowest BCUT2D eigenvalue weighted by molar-refractivity contribution is 0.222. The summed E-state index contributed by atoms with van der Waals surface area (Å²) in [5.74, 6) is 0. The first kappa shape index (κ1) is 11.4. The molecule has 2 aromatic rings. The van der Waals surface area contributed by atoms with Crippen LogP contribution in [-0.2, 0) is 5.41 Å². The predicted octanol–water partition coefficient (Wildman–Crippen LogP) is 2.04. The molecule has 1 aromatic heterocycles. The van der Waals surface area contributed by atoms with Gasteiger partial charge >= 0.3 is 0 Å². The Morgan fingerprint density at radius 1 is 1.22 bits per heavy atom. The minimum atomic E-state index is 0.196. The first-order valence-electron chi connectivity index (χ1n) is 6.52. The highest BCUT2D eigenvalue weighted by Gasteiger charge is 2.40. The molecule has 0 aliphatic heterocycles. The third-order valence-corrected chi connectivity index (χ3v) is 3.99. The van der Waals surface area contributed by atoms with E-state index in [9.17, 15) is 0 Å². The average Bonchev–Trinajstić information content (AvgIpc) is 2.84. The van der Waals surface area contributed by atoms with Crippen molar-refractivity contribution in [2.75, 3.05) is 6.54 Å². The largest absolute Gasteiger partial charge is 0.330 e. The first-order valence-corrected chi connectivity index (χ1v) is 6.52. The van der Waals surface area contributed by atoms with Crippen LogP contribution in [0.2, 0.25) is 0 Å². The molecule has 4 nitrogen and oxygen atoms in total. The van der Waals surface area contributed by atoms with Gasteiger partial charge in [-0.05, 0) is 37.9 Å². The molecular formula is C14H18N4. The molecule has 94 valence electrons. The zero-order valence-corrected chi connectivity index (χ0v) is 10.4. The fourth-order valence-corrected chi connectivity index (χ4v) is 2.73. The lowest BCUT2D eigenvalue weighted by atomic mass is 9.65. The molecule has 0 bridgehead atoms. The quantitative estimate of drug-likeness (QED) is 0.892. The molecule has 0 radical (unpaired) electrons. The minimum Gasteiger partial charge on any atom is -0.330 e. The Bertz CT molecular complexity index is 514. The third kappa shape index (κ3) is 1.82. The Balaban J connectivity index is 1.90. The van der Waals surface area contributed by atoms with E-state index in [4.69, 9.17) is 5.73 Å². The number of aromatic nitrogens is 3. The van der Waals surface area contributed by atoms with Crippen LogP contribution in [0.15, 0.2) is 36.5 Å². The summed E-state index contributed by atoms with van der Waals surface area (Å²) in [6, 6.07) is 10.1. The molecule has 0 unspecified atom stereocenters. The summed E-state index contributed by atoms with van der Waals surface area (Å²) in [5.41, 5.74) is 8.07. The van der Waals surface area contributed by atoms with Crippen LogP contribution in [-0.4, -0.2) is 21.5 Å². The summed E-state index contributed by atoms with van der Waals surface area (Å²) >= 11 is 0. The molecule has 1 fully saturated rings. The summed E-state index contributed by atoms with van der Waals surface area (Å²) in [5, 5.41) is 8.61. The van der Waals surface area contributed by atoms with Gasteiger partial charge in [0, 0.05) is 5.41 Å². The monoisotopic (exact) mass is 242 g/mol. The third-order valence-electron chi connectivity index (χ3n) is 3.99. The number of hydrogen-bond acceptors (Lipinski definition) is 3. The van der Waals surface area contributed by atoms with Crippen molar-refractivity contribution in [1.29, 1.82) is 0 Å². The van der Waals surface area contributed by atoms with Gasteiger partial charge in [-0.25, -0.2) is 4.68 Å². The molecule has 0 atom stereocenters. The van der Waals surface area contributed by atoms with E-state index in [1.165, 1.54) is 19.3 Å². The van der Waals surface area contributed by atoms with Crippen LogP contribution in [0.3, 0.4) is 0 Å². The molecule has 1 aliphatic carbocycles. The summed E-state index contributed by atoms with van der Waals surface area (Å²) < 4.78 is 1.85. The molecule has 2 N–H and O–H groups in total. The molecule has 18 heavy (non-hydrogen) atoms. The van der Waals surface area contributed by atoms with E-state index in [0.29, 0.717) is 0 Å². The van der Waals surface area contributed by atoms with Gasteiger partial charge in [0.15, 0.2) is 0 Å². The number of benzene rings is 1. The van der Waals surface area contributed by atoms with Crippen molar-refractivity contribution in [2.24, 2.45) is 5.73 Å². The van der Waals surface area contributed by atoms with Gasteiger partial charge in [0.1, 0.15) is 0 Å². The second kappa shape index (κ2) is 4.53. The van der Waals surface area contributed by atoms with Crippen molar-refractivity contribution in [2.45, 2.75) is 31.1 Å². The number of hydrogen-bond donors (Lipinski definition) is 1. The van der Waals surface area contributed by atoms with Gasteiger partial charge in [0.25, 0.3) is 0 Å². The lowest BCUT2D eigenvalue weighted by Gasteiger charge is -2.40. The van der Waals surface area contributed by atoms with Crippen LogP contribution in [0.4, 0.5) is 0 Å². The molecule has 1 aliphatic rings. The average molecular weight is 242 g/mol. The normalized spacial score (nSPS) is 17.4. The van der Waals surface area contributed by atoms with Gasteiger partial charge in [-0.2, -0.15) is 0 Å². The molecule has 0 saturated heterocycles. The highest BCUT2D eigenvalue weighted by molar-refractivity contribution is 5.31. The molecule has 1 saturated carbocycles. The van der Waals surface area contributed by atoms with Gasteiger partial charge in [-0.3, -0.25) is 0 Å². The number of nitrogens with zero attached hydrogens (tertiary/aromatic N) is 3. The van der Waals surface area contributed by atoms with E-state index in [0.717, 1.165) is 24.3 Å². The summed E-state index contributed by atoms with van der Waals surface area (Å²) in [4.78, 5) is 0. The van der Waals surface area contributed by atoms with Crippen LogP contribution < -0.4 is 5.73 Å². The Morgan fingerprint density at radius 2 is 2.00 bits per heavy atom. The van der Waals surface area contributed by atoms with Crippen molar-refractivity contribution in [3.05, 3.63) is 42.2 Å². The summed E-state index contributed by atoms with van der Waals surface area (Å²) in [6.45, 7) is 0.720. The van der Waals surface area contributed by atoms with Crippen LogP contribution in [0, 0.1) is 0 Å². The fourth-order valence-electron chi connectivity index (χ4n) is 2.73. The molecule has 0 amide bonds. The maximum absolute atomic E-state index is 5.72. The number of nitrogens with two attached hydrogens (primary N) is 1. The molecule has 1 aromatic carbocycles. The smallest absolute Gasteiger partial charge is 0.0893 e. The van der Waals surface area contributed by atoms with Crippen LogP contribution in [0.25, 0.3) is 5.69 Å². The fraction of sp³-hybridized carbons (Fsp3) is 0.429. The van der Waals surface area contributed by atoms with E-state index in [-0.39, 0.29) is 5.41 Å². The van der Waals surface area contributed by atoms with Crippen molar-refractivity contribution >= 4 is 0 Å². The standard InChI is InChI=1S/C14H18N4/c15-10-9-14(7-4-8-14)13-11-18(17-16-13)12-5-2-1-3-6-12/h1-3,5-6,11H,4,7-10,15H2.